The van der Waals surface area contributed by atoms with Crippen molar-refractivity contribution in [2.75, 3.05) is 38.2 Å². The highest BCUT2D eigenvalue weighted by Gasteiger charge is 2.38. The summed E-state index contributed by atoms with van der Waals surface area (Å²) in [5.41, 5.74) is 2.42. The molecule has 1 spiro atoms. The van der Waals surface area contributed by atoms with E-state index in [1.165, 1.54) is 0 Å². The number of likely N-dealkylation sites (tertiary alicyclic amines) is 1. The summed E-state index contributed by atoms with van der Waals surface area (Å²) in [6, 6.07) is 6.92. The molecular weight excluding hydrogens is 513 g/mol. The largest absolute Gasteiger partial charge is 0.389 e. The minimum absolute atomic E-state index is 0.0416. The number of nitrogens with zero attached hydrogens (tertiary/aromatic N) is 4. The number of aromatic nitrogens is 3. The van der Waals surface area contributed by atoms with Crippen LogP contribution < -0.4 is 10.7 Å². The van der Waals surface area contributed by atoms with Crippen molar-refractivity contribution in [2.45, 2.75) is 76.3 Å². The average molecular weight is 552 g/mol. The van der Waals surface area contributed by atoms with Gasteiger partial charge in [0.15, 0.2) is 11.2 Å². The molecule has 5 heterocycles. The predicted octanol–water partition coefficient (Wildman–Crippen LogP) is 3.89. The van der Waals surface area contributed by atoms with Crippen molar-refractivity contribution in [3.8, 4) is 11.3 Å². The summed E-state index contributed by atoms with van der Waals surface area (Å²) in [6.45, 7) is 8.37. The maximum absolute atomic E-state index is 15.1. The number of halogens is 1. The highest BCUT2D eigenvalue weighted by Crippen LogP contribution is 2.36. The van der Waals surface area contributed by atoms with Gasteiger partial charge in [-0.05, 0) is 58.1 Å². The smallest absolute Gasteiger partial charge is 0.223 e. The van der Waals surface area contributed by atoms with Crippen molar-refractivity contribution in [1.82, 2.24) is 19.4 Å². The lowest BCUT2D eigenvalue weighted by molar-refractivity contribution is -0.0451. The van der Waals surface area contributed by atoms with Crippen molar-refractivity contribution in [2.24, 2.45) is 0 Å². The van der Waals surface area contributed by atoms with E-state index in [0.29, 0.717) is 30.5 Å². The molecule has 3 saturated heterocycles. The average Bonchev–Trinajstić information content (AvgIpc) is 3.40. The summed E-state index contributed by atoms with van der Waals surface area (Å²) >= 11 is 0. The lowest BCUT2D eigenvalue weighted by atomic mass is 9.88. The number of hydrogen-bond acceptors (Lipinski definition) is 8. The molecule has 0 radical (unpaired) electrons. The minimum Gasteiger partial charge on any atom is -0.389 e. The first-order valence-corrected chi connectivity index (χ1v) is 14.4. The zero-order valence-electron chi connectivity index (χ0n) is 23.2. The van der Waals surface area contributed by atoms with E-state index < -0.39 is 11.9 Å². The molecule has 3 aliphatic rings. The zero-order valence-corrected chi connectivity index (χ0v) is 23.2. The fourth-order valence-electron chi connectivity index (χ4n) is 6.47. The lowest BCUT2D eigenvalue weighted by Crippen LogP contribution is -2.44. The van der Waals surface area contributed by atoms with Crippen LogP contribution in [0.3, 0.4) is 0 Å². The van der Waals surface area contributed by atoms with Crippen molar-refractivity contribution in [1.29, 1.82) is 0 Å². The number of aliphatic hydroxyl groups excluding tert-OH is 1. The summed E-state index contributed by atoms with van der Waals surface area (Å²) in [6.07, 6.45) is 5.37. The Labute approximate surface area is 233 Å². The standard InChI is InChI=1S/C30H38FN5O4/c1-19(2)36-21(17-35-10-8-30(9-11-35)7-3-12-40-30)15-26(37)22-5-4-20(14-25(22)36)28-23(31)16-32-29(34-28)33-24-6-13-39-18-27(24)38/h4-5,14-16,19,24,27,38H,3,6-13,17-18H2,1-2H3,(H,32,33,34)/t24-,27-/m1/s1. The Kier molecular flexibility index (Phi) is 7.60. The third-order valence-corrected chi connectivity index (χ3v) is 8.64. The number of benzene rings is 1. The Hall–Kier alpha value is -2.92. The van der Waals surface area contributed by atoms with E-state index in [1.807, 2.05) is 6.07 Å². The topological polar surface area (TPSA) is 102 Å². The molecule has 0 amide bonds. The van der Waals surface area contributed by atoms with E-state index in [4.69, 9.17) is 9.47 Å². The van der Waals surface area contributed by atoms with Gasteiger partial charge >= 0.3 is 0 Å². The monoisotopic (exact) mass is 551 g/mol. The van der Waals surface area contributed by atoms with Crippen LogP contribution in [0.1, 0.15) is 57.7 Å². The number of anilines is 1. The van der Waals surface area contributed by atoms with Gasteiger partial charge in [-0.3, -0.25) is 9.69 Å². The van der Waals surface area contributed by atoms with E-state index >= 15 is 4.39 Å². The fourth-order valence-corrected chi connectivity index (χ4v) is 6.47. The van der Waals surface area contributed by atoms with Crippen LogP contribution in [-0.4, -0.2) is 75.2 Å². The number of hydrogen-bond donors (Lipinski definition) is 2. The summed E-state index contributed by atoms with van der Waals surface area (Å²) < 4.78 is 28.6. The molecule has 9 nitrogen and oxygen atoms in total. The van der Waals surface area contributed by atoms with Gasteiger partial charge in [0.2, 0.25) is 5.95 Å². The van der Waals surface area contributed by atoms with E-state index in [-0.39, 0.29) is 41.4 Å². The van der Waals surface area contributed by atoms with Gasteiger partial charge in [0, 0.05) is 61.6 Å². The molecule has 3 aromatic rings. The molecule has 2 atom stereocenters. The first kappa shape index (κ1) is 27.3. The Morgan fingerprint density at radius 2 is 2.02 bits per heavy atom. The first-order valence-electron chi connectivity index (χ1n) is 14.4. The van der Waals surface area contributed by atoms with Gasteiger partial charge in [-0.1, -0.05) is 6.07 Å². The SMILES string of the molecule is CC(C)n1c(CN2CCC3(CCCO3)CC2)cc(=O)c2ccc(-c3nc(N[C@@H]4CCOC[C@H]4O)ncc3F)cc21. The normalized spacial score (nSPS) is 23.3. The van der Waals surface area contributed by atoms with Crippen molar-refractivity contribution in [3.63, 3.8) is 0 Å². The van der Waals surface area contributed by atoms with Gasteiger partial charge in [-0.2, -0.15) is 0 Å². The second-order valence-corrected chi connectivity index (χ2v) is 11.7. The van der Waals surface area contributed by atoms with E-state index in [9.17, 15) is 9.90 Å². The van der Waals surface area contributed by atoms with Crippen LogP contribution in [0.25, 0.3) is 22.2 Å². The van der Waals surface area contributed by atoms with Crippen LogP contribution >= 0.6 is 0 Å². The summed E-state index contributed by atoms with van der Waals surface area (Å²) in [7, 11) is 0. The van der Waals surface area contributed by atoms with E-state index in [0.717, 1.165) is 62.8 Å². The number of aliphatic hydroxyl groups is 1. The van der Waals surface area contributed by atoms with Crippen LogP contribution in [0.5, 0.6) is 0 Å². The van der Waals surface area contributed by atoms with Gasteiger partial charge in [0.1, 0.15) is 5.69 Å². The number of nitrogens with one attached hydrogen (secondary N) is 1. The molecule has 10 heteroatoms. The van der Waals surface area contributed by atoms with Gasteiger partial charge in [-0.25, -0.2) is 14.4 Å². The molecule has 0 saturated carbocycles. The van der Waals surface area contributed by atoms with Crippen LogP contribution in [0.2, 0.25) is 0 Å². The Bertz CT molecular complexity index is 1430. The first-order chi connectivity index (χ1) is 19.3. The van der Waals surface area contributed by atoms with Crippen molar-refractivity contribution in [3.05, 3.63) is 52.2 Å². The van der Waals surface area contributed by atoms with E-state index in [1.54, 1.807) is 18.2 Å². The molecule has 0 unspecified atom stereocenters. The molecule has 3 aliphatic heterocycles. The minimum atomic E-state index is -0.693. The molecule has 6 rings (SSSR count). The summed E-state index contributed by atoms with van der Waals surface area (Å²) in [5.74, 6) is -0.310. The van der Waals surface area contributed by atoms with E-state index in [2.05, 4.69) is 38.6 Å². The van der Waals surface area contributed by atoms with Crippen LogP contribution in [0.4, 0.5) is 10.3 Å². The maximum Gasteiger partial charge on any atom is 0.223 e. The molecule has 3 fully saturated rings. The van der Waals surface area contributed by atoms with Gasteiger partial charge in [0.05, 0.1) is 36.1 Å². The number of rotatable bonds is 6. The molecule has 214 valence electrons. The fraction of sp³-hybridized carbons (Fsp3) is 0.567. The molecule has 1 aromatic carbocycles. The third kappa shape index (κ3) is 5.37. The highest BCUT2D eigenvalue weighted by atomic mass is 19.1. The lowest BCUT2D eigenvalue weighted by Gasteiger charge is -2.39. The Morgan fingerprint density at radius 1 is 1.20 bits per heavy atom. The second kappa shape index (κ2) is 11.2. The van der Waals surface area contributed by atoms with Crippen LogP contribution in [0.15, 0.2) is 35.3 Å². The van der Waals surface area contributed by atoms with Crippen molar-refractivity contribution >= 4 is 16.9 Å². The summed E-state index contributed by atoms with van der Waals surface area (Å²) in [5, 5.41) is 14.0. The molecular formula is C30H38FN5O4. The van der Waals surface area contributed by atoms with Gasteiger partial charge in [-0.15, -0.1) is 0 Å². The number of pyridine rings is 1. The zero-order chi connectivity index (χ0) is 27.9. The highest BCUT2D eigenvalue weighted by molar-refractivity contribution is 5.84. The Balaban J connectivity index is 1.32. The number of piperidine rings is 1. The van der Waals surface area contributed by atoms with Crippen LogP contribution in [-0.2, 0) is 16.0 Å². The molecule has 40 heavy (non-hydrogen) atoms. The summed E-state index contributed by atoms with van der Waals surface area (Å²) in [4.78, 5) is 24.2. The predicted molar refractivity (Wildman–Crippen MR) is 151 cm³/mol. The number of ether oxygens (including phenoxy) is 2. The third-order valence-electron chi connectivity index (χ3n) is 8.64. The molecule has 2 aromatic heterocycles. The van der Waals surface area contributed by atoms with Crippen LogP contribution in [0, 0.1) is 5.82 Å². The molecule has 0 bridgehead atoms. The number of fused-ring (bicyclic) bond motifs is 1. The van der Waals surface area contributed by atoms with Crippen molar-refractivity contribution < 1.29 is 19.0 Å². The quantitative estimate of drug-likeness (QED) is 0.476. The van der Waals surface area contributed by atoms with Gasteiger partial charge in [0.25, 0.3) is 0 Å². The Morgan fingerprint density at radius 3 is 2.75 bits per heavy atom. The second-order valence-electron chi connectivity index (χ2n) is 11.7. The molecule has 2 N–H and O–H groups in total. The molecule has 0 aliphatic carbocycles. The maximum atomic E-state index is 15.1. The van der Waals surface area contributed by atoms with Gasteiger partial charge < -0.3 is 24.5 Å².